The van der Waals surface area contributed by atoms with E-state index >= 15 is 0 Å². The lowest BCUT2D eigenvalue weighted by atomic mass is 9.48. The van der Waals surface area contributed by atoms with Gasteiger partial charge in [0.25, 0.3) is 5.00 Å². The van der Waals surface area contributed by atoms with Gasteiger partial charge in [-0.25, -0.2) is 4.39 Å². The minimum atomic E-state index is -5.02. The van der Waals surface area contributed by atoms with Gasteiger partial charge in [-0.2, -0.15) is 8.42 Å². The molecule has 0 aromatic heterocycles. The van der Waals surface area contributed by atoms with Gasteiger partial charge in [0.05, 0.1) is 0 Å². The van der Waals surface area contributed by atoms with E-state index in [1.54, 1.807) is 0 Å². The number of hydrogen-bond acceptors (Lipinski definition) is 3. The fourth-order valence-corrected chi connectivity index (χ4v) is 6.24. The van der Waals surface area contributed by atoms with Crippen molar-refractivity contribution in [1.29, 1.82) is 0 Å². The topological polar surface area (TPSA) is 71.4 Å². The first-order valence-corrected chi connectivity index (χ1v) is 8.75. The Hall–Kier alpha value is -0.490. The summed E-state index contributed by atoms with van der Waals surface area (Å²) >= 11 is 0. The Morgan fingerprint density at radius 3 is 1.90 bits per heavy atom. The number of Topliss-reactive ketones (excluding diaryl/α,β-unsaturated/α-hetero) is 1. The summed E-state index contributed by atoms with van der Waals surface area (Å²) in [5, 5.41) is -3.13. The van der Waals surface area contributed by atoms with Gasteiger partial charge in [-0.15, -0.1) is 0 Å². The molecule has 4 fully saturated rings. The van der Waals surface area contributed by atoms with E-state index < -0.39 is 26.3 Å². The monoisotopic (exact) mass is 304 g/mol. The summed E-state index contributed by atoms with van der Waals surface area (Å²) in [5.41, 5.74) is -0.412. The molecule has 0 aromatic carbocycles. The lowest BCUT2D eigenvalue weighted by Gasteiger charge is -2.57. The van der Waals surface area contributed by atoms with Crippen molar-refractivity contribution in [2.75, 3.05) is 0 Å². The van der Waals surface area contributed by atoms with E-state index in [2.05, 4.69) is 0 Å². The van der Waals surface area contributed by atoms with Crippen LogP contribution in [0.25, 0.3) is 0 Å². The van der Waals surface area contributed by atoms with Crippen LogP contribution in [0.5, 0.6) is 0 Å². The molecule has 6 heteroatoms. The Bertz CT molecular complexity index is 506. The van der Waals surface area contributed by atoms with Gasteiger partial charge in [-0.05, 0) is 68.6 Å². The normalized spacial score (nSPS) is 42.5. The van der Waals surface area contributed by atoms with Crippen LogP contribution in [0.15, 0.2) is 0 Å². The maximum Gasteiger partial charge on any atom is 0.307 e. The van der Waals surface area contributed by atoms with E-state index in [1.165, 1.54) is 0 Å². The van der Waals surface area contributed by atoms with Gasteiger partial charge in [0.15, 0.2) is 5.78 Å². The Kier molecular flexibility index (Phi) is 3.08. The fourth-order valence-electron chi connectivity index (χ4n) is 5.39. The number of carbonyl (C=O) groups is 1. The lowest BCUT2D eigenvalue weighted by Crippen LogP contribution is -2.52. The molecule has 0 saturated heterocycles. The highest BCUT2D eigenvalue weighted by Gasteiger charge is 2.59. The average Bonchev–Trinajstić information content (AvgIpc) is 2.24. The summed E-state index contributed by atoms with van der Waals surface area (Å²) in [6.45, 7) is 0.911. The molecule has 0 spiro atoms. The number of ketones is 1. The molecule has 0 heterocycles. The van der Waals surface area contributed by atoms with E-state index in [4.69, 9.17) is 0 Å². The smallest absolute Gasteiger partial charge is 0.295 e. The van der Waals surface area contributed by atoms with Crippen molar-refractivity contribution in [2.45, 2.75) is 56.9 Å². The number of rotatable bonds is 4. The van der Waals surface area contributed by atoms with Gasteiger partial charge in [0.1, 0.15) is 0 Å². The van der Waals surface area contributed by atoms with Crippen LogP contribution in [-0.2, 0) is 14.9 Å². The van der Waals surface area contributed by atoms with Crippen LogP contribution in [-0.4, -0.2) is 23.8 Å². The lowest BCUT2D eigenvalue weighted by molar-refractivity contribution is -0.129. The third-order valence-electron chi connectivity index (χ3n) is 5.70. The number of alkyl halides is 1. The molecule has 1 atom stereocenters. The fraction of sp³-hybridized carbons (Fsp3) is 0.929. The molecular formula is C14H21FO4S. The molecule has 20 heavy (non-hydrogen) atoms. The SMILES string of the molecule is CC(=O)C(F)(CC12CC3CC(CC(C3)C1)C2)S(=O)(=O)O. The van der Waals surface area contributed by atoms with Gasteiger partial charge in [0, 0.05) is 6.42 Å². The predicted octanol–water partition coefficient (Wildman–Crippen LogP) is 2.74. The number of hydrogen-bond donors (Lipinski definition) is 1. The second kappa shape index (κ2) is 4.26. The standard InChI is InChI=1S/C14H21FO4S/c1-9(16)14(15,20(17,18)19)8-13-5-10-2-11(6-13)4-12(3-10)7-13/h10-12H,2-8H2,1H3,(H,17,18,19). The Labute approximate surface area is 118 Å². The van der Waals surface area contributed by atoms with Gasteiger partial charge in [0.2, 0.25) is 0 Å². The highest BCUT2D eigenvalue weighted by molar-refractivity contribution is 7.87. The zero-order valence-electron chi connectivity index (χ0n) is 11.6. The van der Waals surface area contributed by atoms with Gasteiger partial charge in [-0.3, -0.25) is 9.35 Å². The summed E-state index contributed by atoms with van der Waals surface area (Å²) < 4.78 is 46.7. The molecule has 114 valence electrons. The van der Waals surface area contributed by atoms with Crippen LogP contribution in [0, 0.1) is 23.2 Å². The minimum absolute atomic E-state index is 0.363. The van der Waals surface area contributed by atoms with Crippen molar-refractivity contribution in [2.24, 2.45) is 23.2 Å². The summed E-state index contributed by atoms with van der Waals surface area (Å²) in [6.07, 6.45) is 5.51. The predicted molar refractivity (Wildman–Crippen MR) is 71.3 cm³/mol. The molecule has 0 amide bonds. The van der Waals surface area contributed by atoms with E-state index in [1.807, 2.05) is 0 Å². The molecule has 0 aromatic rings. The molecule has 0 aliphatic heterocycles. The Balaban J connectivity index is 1.91. The van der Waals surface area contributed by atoms with Crippen molar-refractivity contribution in [3.8, 4) is 0 Å². The largest absolute Gasteiger partial charge is 0.307 e. The van der Waals surface area contributed by atoms with Crippen LogP contribution in [0.4, 0.5) is 4.39 Å². The summed E-state index contributed by atoms with van der Waals surface area (Å²) in [4.78, 5) is 11.5. The first-order valence-electron chi connectivity index (χ1n) is 7.31. The second-order valence-electron chi connectivity index (χ2n) is 7.35. The van der Waals surface area contributed by atoms with Crippen LogP contribution >= 0.6 is 0 Å². The minimum Gasteiger partial charge on any atom is -0.295 e. The highest BCUT2D eigenvalue weighted by atomic mass is 32.2. The summed E-state index contributed by atoms with van der Waals surface area (Å²) in [7, 11) is -5.02. The van der Waals surface area contributed by atoms with Crippen molar-refractivity contribution in [3.63, 3.8) is 0 Å². The third kappa shape index (κ3) is 2.11. The molecular weight excluding hydrogens is 283 g/mol. The quantitative estimate of drug-likeness (QED) is 0.811. The maximum atomic E-state index is 14.7. The number of halogens is 1. The molecule has 4 aliphatic carbocycles. The van der Waals surface area contributed by atoms with E-state index in [0.29, 0.717) is 17.8 Å². The molecule has 4 bridgehead atoms. The molecule has 4 saturated carbocycles. The van der Waals surface area contributed by atoms with Gasteiger partial charge < -0.3 is 0 Å². The molecule has 4 nitrogen and oxygen atoms in total. The van der Waals surface area contributed by atoms with E-state index in [-0.39, 0.29) is 6.42 Å². The second-order valence-corrected chi connectivity index (χ2v) is 8.95. The van der Waals surface area contributed by atoms with Crippen molar-refractivity contribution >= 4 is 15.9 Å². The first kappa shape index (κ1) is 14.4. The molecule has 4 aliphatic rings. The molecule has 1 N–H and O–H groups in total. The van der Waals surface area contributed by atoms with Crippen LogP contribution in [0.1, 0.15) is 51.9 Å². The van der Waals surface area contributed by atoms with Crippen molar-refractivity contribution < 1.29 is 22.2 Å². The van der Waals surface area contributed by atoms with Gasteiger partial charge in [-0.1, -0.05) is 0 Å². The molecule has 0 radical (unpaired) electrons. The molecule has 4 rings (SSSR count). The zero-order chi connectivity index (χ0) is 14.8. The van der Waals surface area contributed by atoms with Crippen molar-refractivity contribution in [3.05, 3.63) is 0 Å². The van der Waals surface area contributed by atoms with E-state index in [0.717, 1.165) is 45.4 Å². The summed E-state index contributed by atoms with van der Waals surface area (Å²) in [6, 6.07) is 0. The van der Waals surface area contributed by atoms with Gasteiger partial charge >= 0.3 is 10.1 Å². The van der Waals surface area contributed by atoms with Crippen molar-refractivity contribution in [1.82, 2.24) is 0 Å². The number of carbonyl (C=O) groups excluding carboxylic acids is 1. The highest BCUT2D eigenvalue weighted by Crippen LogP contribution is 2.62. The van der Waals surface area contributed by atoms with Crippen LogP contribution < -0.4 is 0 Å². The van der Waals surface area contributed by atoms with E-state index in [9.17, 15) is 22.2 Å². The van der Waals surface area contributed by atoms with Crippen LogP contribution in [0.2, 0.25) is 0 Å². The van der Waals surface area contributed by atoms with Crippen LogP contribution in [0.3, 0.4) is 0 Å². The average molecular weight is 304 g/mol. The Morgan fingerprint density at radius 2 is 1.60 bits per heavy atom. The molecule has 1 unspecified atom stereocenters. The zero-order valence-corrected chi connectivity index (χ0v) is 12.5. The first-order chi connectivity index (χ1) is 9.14. The maximum absolute atomic E-state index is 14.7. The summed E-state index contributed by atoms with van der Waals surface area (Å²) in [5.74, 6) is 0.521. The Morgan fingerprint density at radius 1 is 1.20 bits per heavy atom. The third-order valence-corrected chi connectivity index (χ3v) is 6.95.